The number of hydrogen-bond acceptors (Lipinski definition) is 4. The molecule has 0 amide bonds. The molecule has 0 saturated heterocycles. The van der Waals surface area contributed by atoms with Crippen molar-refractivity contribution in [3.63, 3.8) is 0 Å². The van der Waals surface area contributed by atoms with Crippen molar-refractivity contribution in [1.29, 1.82) is 0 Å². The fourth-order valence-electron chi connectivity index (χ4n) is 6.57. The van der Waals surface area contributed by atoms with Crippen molar-refractivity contribution >= 4 is 27.3 Å². The third kappa shape index (κ3) is 12.5. The summed E-state index contributed by atoms with van der Waals surface area (Å²) in [4.78, 5) is 20.4. The predicted octanol–water partition coefficient (Wildman–Crippen LogP) is 13.1. The van der Waals surface area contributed by atoms with Crippen LogP contribution in [0.5, 0.6) is 0 Å². The number of pyridine rings is 2. The van der Waals surface area contributed by atoms with Gasteiger partial charge in [-0.1, -0.05) is 96.0 Å². The van der Waals surface area contributed by atoms with E-state index in [0.717, 1.165) is 90.3 Å². The van der Waals surface area contributed by atoms with Crippen LogP contribution in [-0.4, -0.2) is 27.5 Å². The molecule has 6 rings (SSSR count). The molecule has 0 bridgehead atoms. The molecular weight excluding hydrogens is 860 g/mol. The van der Waals surface area contributed by atoms with Gasteiger partial charge in [-0.05, 0) is 84.5 Å². The van der Waals surface area contributed by atoms with Crippen molar-refractivity contribution in [2.75, 3.05) is 6.67 Å². The normalized spacial score (nSPS) is 12.7. The molecule has 2 heterocycles. The summed E-state index contributed by atoms with van der Waals surface area (Å²) in [5.74, 6) is -0.245. The van der Waals surface area contributed by atoms with Crippen LogP contribution < -0.4 is 0 Å². The average Bonchev–Trinajstić information content (AvgIpc) is 3.17. The first-order chi connectivity index (χ1) is 27.5. The van der Waals surface area contributed by atoms with Crippen molar-refractivity contribution in [3.8, 4) is 22.5 Å². The van der Waals surface area contributed by atoms with Gasteiger partial charge in [-0.3, -0.25) is 9.18 Å². The Bertz CT molecular complexity index is 2260. The fourth-order valence-corrected chi connectivity index (χ4v) is 6.57. The summed E-state index contributed by atoms with van der Waals surface area (Å²) in [5.41, 5.74) is 9.78. The van der Waals surface area contributed by atoms with Gasteiger partial charge >= 0.3 is 0 Å². The third-order valence-electron chi connectivity index (χ3n) is 9.43. The molecule has 0 aliphatic rings. The number of aromatic nitrogens is 2. The van der Waals surface area contributed by atoms with Crippen LogP contribution >= 0.6 is 0 Å². The number of rotatable bonds is 10. The van der Waals surface area contributed by atoms with Crippen molar-refractivity contribution in [3.05, 3.63) is 142 Å². The molecular formula is C49H55FIrN2O2-2. The van der Waals surface area contributed by atoms with E-state index in [0.29, 0.717) is 6.42 Å². The van der Waals surface area contributed by atoms with Gasteiger partial charge in [0.2, 0.25) is 0 Å². The molecule has 0 aliphatic heterocycles. The molecule has 0 fully saturated rings. The molecule has 6 aromatic rings. The third-order valence-corrected chi connectivity index (χ3v) is 9.43. The van der Waals surface area contributed by atoms with Crippen molar-refractivity contribution < 1.29 is 39.9 Å². The molecule has 1 unspecified atom stereocenters. The van der Waals surface area contributed by atoms with Gasteiger partial charge in [0.25, 0.3) is 0 Å². The molecule has 55 heavy (non-hydrogen) atoms. The smallest absolute Gasteiger partial charge is 0.162 e. The molecule has 291 valence electrons. The van der Waals surface area contributed by atoms with Gasteiger partial charge in [-0.2, -0.15) is 0 Å². The SMILES string of the molecule is CCC(CC)C(=O)/C=C(\O)C(CC)CCF.[2H]c1nc(-c2[c-]c(C)cc(C)c2)c2ccc(C)cc2c1[2H].[2H]c1nc(-c2[c-]c(C)cc(C)c2)c2ccc(C)cc2c1[2H].[Ir]. The first-order valence-electron chi connectivity index (χ1n) is 20.8. The number of benzene rings is 4. The number of aliphatic hydroxyl groups excluding tert-OH is 1. The van der Waals surface area contributed by atoms with E-state index < -0.39 is 6.67 Å². The Morgan fingerprint density at radius 1 is 0.709 bits per heavy atom. The van der Waals surface area contributed by atoms with E-state index in [4.69, 9.17) is 5.48 Å². The average molecular weight is 919 g/mol. The van der Waals surface area contributed by atoms with Crippen LogP contribution in [0, 0.1) is 65.5 Å². The Labute approximate surface area is 347 Å². The molecule has 0 spiro atoms. The number of aliphatic hydroxyl groups is 1. The van der Waals surface area contributed by atoms with Crippen LogP contribution in [0.15, 0.2) is 96.9 Å². The predicted molar refractivity (Wildman–Crippen MR) is 225 cm³/mol. The maximum atomic E-state index is 12.2. The van der Waals surface area contributed by atoms with Crippen molar-refractivity contribution in [2.24, 2.45) is 11.8 Å². The van der Waals surface area contributed by atoms with Crippen LogP contribution in [0.2, 0.25) is 0 Å². The van der Waals surface area contributed by atoms with Crippen molar-refractivity contribution in [1.82, 2.24) is 9.97 Å². The standard InChI is InChI=1S/2C18H16N.C13H23FO2.Ir/c2*1-12-4-5-17-15(9-12)6-7-19-18(17)16-10-13(2)8-14(3)11-16;1-4-10(5-2)12(15)9-13(16)11(6-3)7-8-14;/h2*4-10H,1-3H3;9-11,16H,4-8H2,1-3H3;/q2*-1;;/b;;13-9-;/i2*6D,7D;;. The van der Waals surface area contributed by atoms with Gasteiger partial charge < -0.3 is 15.1 Å². The quantitative estimate of drug-likeness (QED) is 0.0845. The van der Waals surface area contributed by atoms with Crippen LogP contribution in [0.1, 0.15) is 85.3 Å². The van der Waals surface area contributed by atoms with Crippen LogP contribution in [0.25, 0.3) is 44.1 Å². The zero-order valence-corrected chi connectivity index (χ0v) is 35.9. The van der Waals surface area contributed by atoms with E-state index in [1.165, 1.54) is 6.08 Å². The minimum atomic E-state index is -0.463. The summed E-state index contributed by atoms with van der Waals surface area (Å²) < 4.78 is 44.2. The van der Waals surface area contributed by atoms with E-state index in [9.17, 15) is 14.3 Å². The second kappa shape index (κ2) is 21.5. The van der Waals surface area contributed by atoms with Crippen LogP contribution in [-0.2, 0) is 24.9 Å². The minimum Gasteiger partial charge on any atom is -0.512 e. The Kier molecular flexibility index (Phi) is 15.2. The summed E-state index contributed by atoms with van der Waals surface area (Å²) in [5, 5.41) is 13.1. The molecule has 0 saturated carbocycles. The summed E-state index contributed by atoms with van der Waals surface area (Å²) in [6.45, 7) is 17.4. The van der Waals surface area contributed by atoms with Crippen LogP contribution in [0.3, 0.4) is 0 Å². The van der Waals surface area contributed by atoms with E-state index in [1.807, 2.05) is 111 Å². The van der Waals surface area contributed by atoms with Gasteiger partial charge in [0.05, 0.1) is 17.9 Å². The van der Waals surface area contributed by atoms with E-state index in [-0.39, 0.29) is 74.3 Å². The Morgan fingerprint density at radius 2 is 1.15 bits per heavy atom. The summed E-state index contributed by atoms with van der Waals surface area (Å²) >= 11 is 0. The molecule has 4 aromatic carbocycles. The number of nitrogens with zero attached hydrogens (tertiary/aromatic N) is 2. The summed E-state index contributed by atoms with van der Waals surface area (Å²) in [6, 6.07) is 27.1. The largest absolute Gasteiger partial charge is 0.512 e. The Morgan fingerprint density at radius 3 is 1.53 bits per heavy atom. The first-order valence-corrected chi connectivity index (χ1v) is 18.8. The number of halogens is 1. The van der Waals surface area contributed by atoms with Gasteiger partial charge in [0.1, 0.15) is 0 Å². The molecule has 2 aromatic heterocycles. The number of alkyl halides is 1. The van der Waals surface area contributed by atoms with E-state index in [2.05, 4.69) is 34.2 Å². The second-order valence-corrected chi connectivity index (χ2v) is 14.1. The molecule has 6 heteroatoms. The van der Waals surface area contributed by atoms with E-state index in [1.54, 1.807) is 0 Å². The summed E-state index contributed by atoms with van der Waals surface area (Å²) in [6.07, 6.45) is 3.81. The number of allylic oxidation sites excluding steroid dienone is 2. The van der Waals surface area contributed by atoms with Gasteiger partial charge in [0.15, 0.2) is 5.78 Å². The molecule has 0 aliphatic carbocycles. The van der Waals surface area contributed by atoms with Gasteiger partial charge in [-0.25, -0.2) is 0 Å². The molecule has 1 radical (unpaired) electrons. The van der Waals surface area contributed by atoms with Gasteiger partial charge in [0, 0.05) is 50.4 Å². The Balaban J connectivity index is 0.000000238. The second-order valence-electron chi connectivity index (χ2n) is 14.1. The number of carbonyl (C=O) groups is 1. The maximum absolute atomic E-state index is 12.2. The zero-order chi connectivity index (χ0) is 42.8. The summed E-state index contributed by atoms with van der Waals surface area (Å²) in [7, 11) is 0. The number of aryl methyl sites for hydroxylation is 6. The molecule has 1 atom stereocenters. The minimum absolute atomic E-state index is 0. The Hall–Kier alpha value is -4.51. The van der Waals surface area contributed by atoms with Crippen molar-refractivity contribution in [2.45, 2.75) is 88.0 Å². The van der Waals surface area contributed by atoms with Crippen LogP contribution in [0.4, 0.5) is 4.39 Å². The van der Waals surface area contributed by atoms with E-state index >= 15 is 0 Å². The monoisotopic (exact) mass is 919 g/mol. The first kappa shape index (κ1) is 38.8. The molecule has 4 nitrogen and oxygen atoms in total. The fraction of sp³-hybridized carbons (Fsp3) is 0.327. The topological polar surface area (TPSA) is 63.1 Å². The number of carbonyl (C=O) groups excluding carboxylic acids is 1. The number of hydrogen-bond donors (Lipinski definition) is 1. The number of fused-ring (bicyclic) bond motifs is 2. The molecule has 1 N–H and O–H groups in total. The maximum Gasteiger partial charge on any atom is 0.162 e. The number of ketones is 1. The zero-order valence-electron chi connectivity index (χ0n) is 37.5. The van der Waals surface area contributed by atoms with Gasteiger partial charge in [-0.15, -0.1) is 69.8 Å².